The summed E-state index contributed by atoms with van der Waals surface area (Å²) in [6.45, 7) is 5.92. The second-order valence-corrected chi connectivity index (χ2v) is 12.1. The molecule has 0 spiro atoms. The maximum Gasteiger partial charge on any atom is 0.312 e. The molecule has 10 heteroatoms. The Morgan fingerprint density at radius 2 is 1.75 bits per heavy atom. The van der Waals surface area contributed by atoms with Gasteiger partial charge in [-0.25, -0.2) is 4.98 Å². The molecule has 0 N–H and O–H groups in total. The van der Waals surface area contributed by atoms with Gasteiger partial charge in [0.15, 0.2) is 0 Å². The largest absolute Gasteiger partial charge is 0.481 e. The lowest BCUT2D eigenvalue weighted by Gasteiger charge is -2.21. The van der Waals surface area contributed by atoms with E-state index in [1.54, 1.807) is 18.2 Å². The van der Waals surface area contributed by atoms with Crippen LogP contribution in [0.4, 0.5) is 5.69 Å². The van der Waals surface area contributed by atoms with Crippen molar-refractivity contribution in [3.8, 4) is 5.75 Å². The summed E-state index contributed by atoms with van der Waals surface area (Å²) in [6, 6.07) is 22.1. The molecular formula is C30H24Br2N4O4. The molecule has 1 heterocycles. The monoisotopic (exact) mass is 662 g/mol. The molecule has 1 aromatic heterocycles. The van der Waals surface area contributed by atoms with Gasteiger partial charge in [-0.1, -0.05) is 95.1 Å². The number of nitro groups is 1. The predicted octanol–water partition coefficient (Wildman–Crippen LogP) is 7.74. The van der Waals surface area contributed by atoms with Gasteiger partial charge >= 0.3 is 5.69 Å². The minimum Gasteiger partial charge on any atom is -0.481 e. The number of halogens is 2. The number of fused-ring (bicyclic) bond motifs is 2. The molecule has 0 aliphatic carbocycles. The van der Waals surface area contributed by atoms with Crippen molar-refractivity contribution in [2.45, 2.75) is 32.8 Å². The zero-order valence-corrected chi connectivity index (χ0v) is 25.1. The Kier molecular flexibility index (Phi) is 7.57. The van der Waals surface area contributed by atoms with Gasteiger partial charge in [-0.15, -0.1) is 0 Å². The first-order chi connectivity index (χ1) is 19.0. The van der Waals surface area contributed by atoms with Crippen LogP contribution < -0.4 is 10.3 Å². The van der Waals surface area contributed by atoms with Gasteiger partial charge in [0.2, 0.25) is 5.75 Å². The molecule has 40 heavy (non-hydrogen) atoms. The van der Waals surface area contributed by atoms with Crippen molar-refractivity contribution in [1.82, 2.24) is 9.66 Å². The fourth-order valence-electron chi connectivity index (χ4n) is 4.42. The van der Waals surface area contributed by atoms with Crippen LogP contribution in [0.15, 0.2) is 91.6 Å². The first-order valence-corrected chi connectivity index (χ1v) is 14.0. The fourth-order valence-corrected chi connectivity index (χ4v) is 5.24. The van der Waals surface area contributed by atoms with Crippen LogP contribution >= 0.6 is 31.9 Å². The van der Waals surface area contributed by atoms with Crippen LogP contribution in [-0.2, 0) is 12.0 Å². The van der Waals surface area contributed by atoms with E-state index in [9.17, 15) is 14.9 Å². The number of rotatable bonds is 6. The quantitative estimate of drug-likeness (QED) is 0.105. The van der Waals surface area contributed by atoms with Crippen molar-refractivity contribution >= 4 is 65.4 Å². The van der Waals surface area contributed by atoms with Crippen LogP contribution in [0.2, 0.25) is 0 Å². The lowest BCUT2D eigenvalue weighted by Crippen LogP contribution is -2.29. The van der Waals surface area contributed by atoms with Crippen LogP contribution in [0.3, 0.4) is 0 Å². The summed E-state index contributed by atoms with van der Waals surface area (Å²) in [5.41, 5.74) is 0.683. The van der Waals surface area contributed by atoms with Crippen molar-refractivity contribution in [3.63, 3.8) is 0 Å². The van der Waals surface area contributed by atoms with Gasteiger partial charge in [0.25, 0.3) is 5.56 Å². The molecule has 0 atom stereocenters. The molecule has 0 fully saturated rings. The second kappa shape index (κ2) is 10.9. The standard InChI is InChI=1S/C30H24Br2N4O4/c1-30(2,3)29-34-25-12-11-21(31)14-24(25)28(37)35(29)33-16-20-13-22(32)15-26(36(38)39)27(20)40-17-19-9-6-8-18-7-4-5-10-23(18)19/h4-16H,17H2,1-3H3. The number of nitrogens with zero attached hydrogens (tertiary/aromatic N) is 4. The van der Waals surface area contributed by atoms with Gasteiger partial charge in [-0.2, -0.15) is 9.78 Å². The molecule has 0 aliphatic heterocycles. The number of nitro benzene ring substituents is 1. The first-order valence-electron chi connectivity index (χ1n) is 12.4. The Morgan fingerprint density at radius 3 is 2.50 bits per heavy atom. The van der Waals surface area contributed by atoms with Gasteiger partial charge in [0.05, 0.1) is 22.0 Å². The summed E-state index contributed by atoms with van der Waals surface area (Å²) in [5.74, 6) is 0.498. The fraction of sp³-hybridized carbons (Fsp3) is 0.167. The summed E-state index contributed by atoms with van der Waals surface area (Å²) in [6.07, 6.45) is 1.40. The van der Waals surface area contributed by atoms with E-state index in [1.165, 1.54) is 17.0 Å². The van der Waals surface area contributed by atoms with E-state index in [4.69, 9.17) is 9.72 Å². The lowest BCUT2D eigenvalue weighted by atomic mass is 9.95. The van der Waals surface area contributed by atoms with E-state index < -0.39 is 10.3 Å². The Bertz CT molecular complexity index is 1870. The molecule has 0 unspecified atom stereocenters. The second-order valence-electron chi connectivity index (χ2n) is 10.2. The molecule has 0 amide bonds. The van der Waals surface area contributed by atoms with Crippen molar-refractivity contribution in [2.75, 3.05) is 0 Å². The maximum atomic E-state index is 13.6. The summed E-state index contributed by atoms with van der Waals surface area (Å²) in [7, 11) is 0. The van der Waals surface area contributed by atoms with Crippen LogP contribution in [-0.4, -0.2) is 20.8 Å². The Morgan fingerprint density at radius 1 is 1.00 bits per heavy atom. The van der Waals surface area contributed by atoms with Gasteiger partial charge in [0, 0.05) is 26.0 Å². The van der Waals surface area contributed by atoms with Crippen molar-refractivity contribution in [3.05, 3.63) is 119 Å². The van der Waals surface area contributed by atoms with Gasteiger partial charge < -0.3 is 4.74 Å². The van der Waals surface area contributed by atoms with E-state index in [2.05, 4.69) is 37.0 Å². The lowest BCUT2D eigenvalue weighted by molar-refractivity contribution is -0.386. The highest BCUT2D eigenvalue weighted by atomic mass is 79.9. The van der Waals surface area contributed by atoms with Gasteiger partial charge in [0.1, 0.15) is 12.4 Å². The molecule has 0 aliphatic rings. The van der Waals surface area contributed by atoms with E-state index in [1.807, 2.05) is 69.3 Å². The van der Waals surface area contributed by atoms with Gasteiger partial charge in [-0.3, -0.25) is 14.9 Å². The van der Waals surface area contributed by atoms with Crippen molar-refractivity contribution < 1.29 is 9.66 Å². The molecule has 5 rings (SSSR count). The molecule has 202 valence electrons. The third-order valence-corrected chi connectivity index (χ3v) is 7.25. The zero-order chi connectivity index (χ0) is 28.6. The van der Waals surface area contributed by atoms with Crippen LogP contribution in [0.1, 0.15) is 37.7 Å². The van der Waals surface area contributed by atoms with E-state index >= 15 is 0 Å². The Labute approximate surface area is 246 Å². The van der Waals surface area contributed by atoms with Gasteiger partial charge in [-0.05, 0) is 40.6 Å². The summed E-state index contributed by atoms with van der Waals surface area (Å²) < 4.78 is 8.58. The molecule has 0 saturated carbocycles. The normalized spacial score (nSPS) is 11.9. The highest BCUT2D eigenvalue weighted by molar-refractivity contribution is 9.10. The Balaban J connectivity index is 1.63. The third-order valence-electron chi connectivity index (χ3n) is 6.30. The molecule has 4 aromatic carbocycles. The molecule has 0 saturated heterocycles. The average molecular weight is 664 g/mol. The Hall–Kier alpha value is -3.89. The molecule has 8 nitrogen and oxygen atoms in total. The number of ether oxygens (including phenoxy) is 1. The predicted molar refractivity (Wildman–Crippen MR) is 164 cm³/mol. The molecule has 5 aromatic rings. The minimum absolute atomic E-state index is 0.0479. The van der Waals surface area contributed by atoms with Crippen LogP contribution in [0.5, 0.6) is 5.75 Å². The average Bonchev–Trinajstić information content (AvgIpc) is 2.91. The smallest absolute Gasteiger partial charge is 0.312 e. The highest BCUT2D eigenvalue weighted by Crippen LogP contribution is 2.35. The molecular weight excluding hydrogens is 640 g/mol. The SMILES string of the molecule is CC(C)(C)c1nc2ccc(Br)cc2c(=O)n1N=Cc1cc(Br)cc([N+](=O)[O-])c1OCc1cccc2ccccc12. The molecule has 0 radical (unpaired) electrons. The minimum atomic E-state index is -0.519. The van der Waals surface area contributed by atoms with Crippen LogP contribution in [0.25, 0.3) is 21.7 Å². The topological polar surface area (TPSA) is 99.6 Å². The third kappa shape index (κ3) is 5.55. The zero-order valence-electron chi connectivity index (χ0n) is 21.9. The van der Waals surface area contributed by atoms with Crippen molar-refractivity contribution in [1.29, 1.82) is 0 Å². The van der Waals surface area contributed by atoms with Crippen LogP contribution in [0, 0.1) is 10.1 Å². The molecule has 0 bridgehead atoms. The first kappa shape index (κ1) is 27.7. The maximum absolute atomic E-state index is 13.6. The van der Waals surface area contributed by atoms with E-state index in [0.717, 1.165) is 20.8 Å². The number of hydrogen-bond donors (Lipinski definition) is 0. The number of benzene rings is 4. The number of hydrogen-bond acceptors (Lipinski definition) is 6. The summed E-state index contributed by atoms with van der Waals surface area (Å²) in [4.78, 5) is 29.8. The highest BCUT2D eigenvalue weighted by Gasteiger charge is 2.24. The summed E-state index contributed by atoms with van der Waals surface area (Å²) in [5, 5.41) is 19.0. The number of aromatic nitrogens is 2. The summed E-state index contributed by atoms with van der Waals surface area (Å²) >= 11 is 6.78. The van der Waals surface area contributed by atoms with E-state index in [0.29, 0.717) is 26.8 Å². The van der Waals surface area contributed by atoms with E-state index in [-0.39, 0.29) is 23.6 Å². The van der Waals surface area contributed by atoms with Crippen molar-refractivity contribution in [2.24, 2.45) is 5.10 Å².